The van der Waals surface area contributed by atoms with Crippen LogP contribution >= 0.6 is 24.8 Å². The molecule has 0 aliphatic carbocycles. The first-order valence-electron chi connectivity index (χ1n) is 4.18. The van der Waals surface area contributed by atoms with Crippen LogP contribution in [0.5, 0.6) is 0 Å². The predicted octanol–water partition coefficient (Wildman–Crippen LogP) is 1.56. The van der Waals surface area contributed by atoms with E-state index in [2.05, 4.69) is 11.9 Å². The van der Waals surface area contributed by atoms with Crippen LogP contribution in [0.15, 0.2) is 4.99 Å². The minimum absolute atomic E-state index is 0. The maximum atomic E-state index is 7.43. The first-order chi connectivity index (χ1) is 5.57. The first kappa shape index (κ1) is 19.1. The Labute approximate surface area is 97.9 Å². The zero-order valence-electron chi connectivity index (χ0n) is 8.62. The van der Waals surface area contributed by atoms with Gasteiger partial charge in [0, 0.05) is 12.3 Å². The lowest BCUT2D eigenvalue weighted by Crippen LogP contribution is -2.23. The maximum absolute atomic E-state index is 7.43. The number of hydrogen-bond donors (Lipinski definition) is 3. The van der Waals surface area contributed by atoms with Gasteiger partial charge in [0.1, 0.15) is 0 Å². The van der Waals surface area contributed by atoms with Gasteiger partial charge < -0.3 is 16.9 Å². The van der Waals surface area contributed by atoms with E-state index in [1.54, 1.807) is 0 Å². The zero-order chi connectivity index (χ0) is 9.56. The van der Waals surface area contributed by atoms with Crippen molar-refractivity contribution in [1.82, 2.24) is 0 Å². The van der Waals surface area contributed by atoms with Crippen LogP contribution in [-0.4, -0.2) is 18.2 Å². The van der Waals surface area contributed by atoms with Crippen LogP contribution in [0.3, 0.4) is 0 Å². The number of halogens is 2. The van der Waals surface area contributed by atoms with Gasteiger partial charge in [0.25, 0.3) is 0 Å². The second-order valence-electron chi connectivity index (χ2n) is 2.88. The summed E-state index contributed by atoms with van der Waals surface area (Å²) in [5.74, 6) is 0.459. The molecule has 1 unspecified atom stereocenters. The second-order valence-corrected chi connectivity index (χ2v) is 2.88. The van der Waals surface area contributed by atoms with Crippen molar-refractivity contribution in [2.45, 2.75) is 26.7 Å². The van der Waals surface area contributed by atoms with Crippen LogP contribution in [0.2, 0.25) is 0 Å². The van der Waals surface area contributed by atoms with E-state index >= 15 is 0 Å². The smallest absolute Gasteiger partial charge is 0.185 e. The molecule has 0 aliphatic rings. The SMILES string of the molecule is CCC(CCN=C(N)N)C(C)=N.Cl.Cl. The summed E-state index contributed by atoms with van der Waals surface area (Å²) in [6.45, 7) is 4.51. The van der Waals surface area contributed by atoms with Crippen LogP contribution in [-0.2, 0) is 0 Å². The number of nitrogens with zero attached hydrogens (tertiary/aromatic N) is 1. The molecule has 0 saturated carbocycles. The fourth-order valence-corrected chi connectivity index (χ4v) is 1.08. The molecule has 0 heterocycles. The third-order valence-corrected chi connectivity index (χ3v) is 1.88. The topological polar surface area (TPSA) is 88.2 Å². The van der Waals surface area contributed by atoms with Gasteiger partial charge in [0.05, 0.1) is 0 Å². The van der Waals surface area contributed by atoms with E-state index in [-0.39, 0.29) is 30.8 Å². The summed E-state index contributed by atoms with van der Waals surface area (Å²) in [5.41, 5.74) is 11.1. The van der Waals surface area contributed by atoms with Crippen molar-refractivity contribution < 1.29 is 0 Å². The zero-order valence-corrected chi connectivity index (χ0v) is 10.3. The predicted molar refractivity (Wildman–Crippen MR) is 67.0 cm³/mol. The molecule has 0 aromatic rings. The van der Waals surface area contributed by atoms with E-state index in [9.17, 15) is 0 Å². The van der Waals surface area contributed by atoms with Crippen molar-refractivity contribution in [3.8, 4) is 0 Å². The molecule has 4 nitrogen and oxygen atoms in total. The molecule has 0 aromatic carbocycles. The molecule has 14 heavy (non-hydrogen) atoms. The molecule has 0 spiro atoms. The molecule has 86 valence electrons. The second kappa shape index (κ2) is 10.6. The lowest BCUT2D eigenvalue weighted by molar-refractivity contribution is 0.609. The minimum atomic E-state index is 0. The number of aliphatic imine (C=N–C) groups is 1. The van der Waals surface area contributed by atoms with Crippen molar-refractivity contribution in [1.29, 1.82) is 5.41 Å². The average Bonchev–Trinajstić information content (AvgIpc) is 1.96. The number of rotatable bonds is 5. The van der Waals surface area contributed by atoms with Crippen LogP contribution in [0.25, 0.3) is 0 Å². The molecule has 0 aromatic heterocycles. The normalized spacial score (nSPS) is 10.4. The molecule has 5 N–H and O–H groups in total. The van der Waals surface area contributed by atoms with Gasteiger partial charge in [0.15, 0.2) is 5.96 Å². The third kappa shape index (κ3) is 9.61. The molecule has 0 bridgehead atoms. The lowest BCUT2D eigenvalue weighted by atomic mass is 9.98. The summed E-state index contributed by atoms with van der Waals surface area (Å²) in [6.07, 6.45) is 1.85. The summed E-state index contributed by atoms with van der Waals surface area (Å²) in [6, 6.07) is 0. The van der Waals surface area contributed by atoms with Gasteiger partial charge in [-0.15, -0.1) is 24.8 Å². The van der Waals surface area contributed by atoms with E-state index in [0.29, 0.717) is 18.2 Å². The van der Waals surface area contributed by atoms with Gasteiger partial charge in [-0.3, -0.25) is 4.99 Å². The first-order valence-corrected chi connectivity index (χ1v) is 4.18. The van der Waals surface area contributed by atoms with Crippen molar-refractivity contribution in [2.75, 3.05) is 6.54 Å². The number of nitrogens with two attached hydrogens (primary N) is 2. The van der Waals surface area contributed by atoms with E-state index < -0.39 is 0 Å². The van der Waals surface area contributed by atoms with Crippen molar-refractivity contribution in [3.63, 3.8) is 0 Å². The Bertz CT molecular complexity index is 178. The Morgan fingerprint density at radius 1 is 1.36 bits per heavy atom. The summed E-state index contributed by atoms with van der Waals surface area (Å²) in [5, 5.41) is 7.43. The summed E-state index contributed by atoms with van der Waals surface area (Å²) in [7, 11) is 0. The Morgan fingerprint density at radius 2 is 1.86 bits per heavy atom. The molecule has 1 atom stereocenters. The van der Waals surface area contributed by atoms with Gasteiger partial charge in [-0.25, -0.2) is 0 Å². The average molecular weight is 243 g/mol. The minimum Gasteiger partial charge on any atom is -0.370 e. The molecular weight excluding hydrogens is 223 g/mol. The largest absolute Gasteiger partial charge is 0.370 e. The highest BCUT2D eigenvalue weighted by Crippen LogP contribution is 2.09. The lowest BCUT2D eigenvalue weighted by Gasteiger charge is -2.10. The molecule has 0 rings (SSSR count). The van der Waals surface area contributed by atoms with Gasteiger partial charge >= 0.3 is 0 Å². The van der Waals surface area contributed by atoms with Crippen molar-refractivity contribution >= 4 is 36.5 Å². The quantitative estimate of drug-likeness (QED) is 0.505. The maximum Gasteiger partial charge on any atom is 0.185 e. The molecule has 0 amide bonds. The highest BCUT2D eigenvalue weighted by molar-refractivity contribution is 5.85. The molecule has 0 radical (unpaired) electrons. The number of nitrogens with one attached hydrogen (secondary N) is 1. The standard InChI is InChI=1S/C8H18N4.2ClH/c1-3-7(6(2)9)4-5-12-8(10)11;;/h7,9H,3-5H2,1-2H3,(H4,10,11,12);2*1H. The van der Waals surface area contributed by atoms with E-state index in [1.165, 1.54) is 0 Å². The highest BCUT2D eigenvalue weighted by Gasteiger charge is 2.06. The van der Waals surface area contributed by atoms with Crippen molar-refractivity contribution in [3.05, 3.63) is 0 Å². The van der Waals surface area contributed by atoms with Gasteiger partial charge in [-0.2, -0.15) is 0 Å². The Kier molecular flexibility index (Phi) is 14.5. The van der Waals surface area contributed by atoms with Crippen LogP contribution in [0.4, 0.5) is 0 Å². The molecule has 0 fully saturated rings. The molecule has 6 heteroatoms. The third-order valence-electron chi connectivity index (χ3n) is 1.88. The number of guanidine groups is 1. The Balaban J connectivity index is -0.000000605. The molecular formula is C8H20Cl2N4. The highest BCUT2D eigenvalue weighted by atomic mass is 35.5. The van der Waals surface area contributed by atoms with E-state index in [1.807, 2.05) is 6.92 Å². The number of hydrogen-bond acceptors (Lipinski definition) is 2. The van der Waals surface area contributed by atoms with Crippen LogP contribution < -0.4 is 11.5 Å². The van der Waals surface area contributed by atoms with Crippen LogP contribution in [0.1, 0.15) is 26.7 Å². The fraction of sp³-hybridized carbons (Fsp3) is 0.750. The van der Waals surface area contributed by atoms with Crippen LogP contribution in [0, 0.1) is 11.3 Å². The summed E-state index contributed by atoms with van der Waals surface area (Å²) >= 11 is 0. The fourth-order valence-electron chi connectivity index (χ4n) is 1.08. The van der Waals surface area contributed by atoms with Crippen molar-refractivity contribution in [2.24, 2.45) is 22.4 Å². The monoisotopic (exact) mass is 242 g/mol. The van der Waals surface area contributed by atoms with Gasteiger partial charge in [0.2, 0.25) is 0 Å². The Hall–Kier alpha value is -0.480. The molecule has 0 saturated heterocycles. The summed E-state index contributed by atoms with van der Waals surface area (Å²) in [4.78, 5) is 3.87. The summed E-state index contributed by atoms with van der Waals surface area (Å²) < 4.78 is 0. The molecule has 0 aliphatic heterocycles. The van der Waals surface area contributed by atoms with E-state index in [4.69, 9.17) is 16.9 Å². The Morgan fingerprint density at radius 3 is 2.14 bits per heavy atom. The van der Waals surface area contributed by atoms with E-state index in [0.717, 1.165) is 12.8 Å². The van der Waals surface area contributed by atoms with Gasteiger partial charge in [-0.05, 0) is 25.7 Å². The van der Waals surface area contributed by atoms with Gasteiger partial charge in [-0.1, -0.05) is 6.92 Å².